The van der Waals surface area contributed by atoms with E-state index in [1.54, 1.807) is 11.1 Å². The Morgan fingerprint density at radius 3 is 2.62 bits per heavy atom. The number of aryl methyl sites for hydroxylation is 2. The molecule has 0 aromatic heterocycles. The van der Waals surface area contributed by atoms with Crippen molar-refractivity contribution in [1.82, 2.24) is 0 Å². The monoisotopic (exact) mass is 217 g/mol. The zero-order valence-corrected chi connectivity index (χ0v) is 10.6. The Balaban J connectivity index is 1.95. The highest BCUT2D eigenvalue weighted by Crippen LogP contribution is 2.25. The van der Waals surface area contributed by atoms with E-state index in [1.807, 2.05) is 0 Å². The molecular weight excluding hydrogens is 194 g/mol. The second-order valence-electron chi connectivity index (χ2n) is 4.90. The fourth-order valence-corrected chi connectivity index (χ4v) is 2.52. The Kier molecular flexibility index (Phi) is 3.87. The second-order valence-corrected chi connectivity index (χ2v) is 4.90. The van der Waals surface area contributed by atoms with Crippen LogP contribution < -0.4 is 5.32 Å². The van der Waals surface area contributed by atoms with Crippen LogP contribution in [0.25, 0.3) is 0 Å². The van der Waals surface area contributed by atoms with Gasteiger partial charge in [0, 0.05) is 12.2 Å². The molecule has 0 spiro atoms. The highest BCUT2D eigenvalue weighted by molar-refractivity contribution is 5.50. The van der Waals surface area contributed by atoms with Crippen molar-refractivity contribution < 1.29 is 0 Å². The van der Waals surface area contributed by atoms with Gasteiger partial charge in [0.1, 0.15) is 0 Å². The first-order chi connectivity index (χ1) is 7.83. The molecule has 0 saturated heterocycles. The Bertz CT molecular complexity index is 339. The molecule has 1 aliphatic carbocycles. The minimum atomic E-state index is 0.813. The first-order valence-electron chi connectivity index (χ1n) is 6.69. The predicted octanol–water partition coefficient (Wildman–Crippen LogP) is 4.02. The van der Waals surface area contributed by atoms with Gasteiger partial charge in [-0.3, -0.25) is 0 Å². The van der Waals surface area contributed by atoms with Gasteiger partial charge in [-0.15, -0.1) is 0 Å². The van der Waals surface area contributed by atoms with E-state index in [9.17, 15) is 0 Å². The minimum Gasteiger partial charge on any atom is -0.385 e. The smallest absolute Gasteiger partial charge is 0.0343 e. The number of rotatable bonds is 5. The molecule has 0 atom stereocenters. The summed E-state index contributed by atoms with van der Waals surface area (Å²) >= 11 is 0. The van der Waals surface area contributed by atoms with Crippen molar-refractivity contribution in [3.05, 3.63) is 29.3 Å². The number of hydrogen-bond acceptors (Lipinski definition) is 1. The summed E-state index contributed by atoms with van der Waals surface area (Å²) in [6, 6.07) is 6.90. The van der Waals surface area contributed by atoms with Gasteiger partial charge in [0.25, 0.3) is 0 Å². The fraction of sp³-hybridized carbons (Fsp3) is 0.600. The van der Waals surface area contributed by atoms with Crippen LogP contribution in [-0.4, -0.2) is 6.54 Å². The third-order valence-corrected chi connectivity index (χ3v) is 3.85. The number of hydrogen-bond donors (Lipinski definition) is 1. The van der Waals surface area contributed by atoms with Crippen LogP contribution in [0.5, 0.6) is 0 Å². The molecule has 1 aromatic carbocycles. The van der Waals surface area contributed by atoms with Gasteiger partial charge in [-0.1, -0.05) is 32.8 Å². The van der Waals surface area contributed by atoms with Gasteiger partial charge in [-0.05, 0) is 48.4 Å². The topological polar surface area (TPSA) is 12.0 Å². The molecule has 0 aliphatic heterocycles. The fourth-order valence-electron chi connectivity index (χ4n) is 2.52. The Morgan fingerprint density at radius 1 is 1.12 bits per heavy atom. The third kappa shape index (κ3) is 2.58. The van der Waals surface area contributed by atoms with Crippen LogP contribution in [0.1, 0.15) is 44.2 Å². The molecule has 0 saturated carbocycles. The Morgan fingerprint density at radius 2 is 1.88 bits per heavy atom. The SMILES string of the molecule is CCC(CC)CNc1ccc2c(c1)CCC2. The maximum Gasteiger partial charge on any atom is 0.0343 e. The number of fused-ring (bicyclic) bond motifs is 1. The summed E-state index contributed by atoms with van der Waals surface area (Å²) in [4.78, 5) is 0. The van der Waals surface area contributed by atoms with E-state index in [4.69, 9.17) is 0 Å². The lowest BCUT2D eigenvalue weighted by molar-refractivity contribution is 0.519. The van der Waals surface area contributed by atoms with E-state index in [0.717, 1.165) is 12.5 Å². The molecule has 0 bridgehead atoms. The number of nitrogens with one attached hydrogen (secondary N) is 1. The summed E-state index contributed by atoms with van der Waals surface area (Å²) in [6.07, 6.45) is 6.44. The van der Waals surface area contributed by atoms with Gasteiger partial charge in [-0.2, -0.15) is 0 Å². The van der Waals surface area contributed by atoms with Crippen molar-refractivity contribution in [2.75, 3.05) is 11.9 Å². The highest BCUT2D eigenvalue weighted by Gasteiger charge is 2.11. The lowest BCUT2D eigenvalue weighted by atomic mass is 10.0. The quantitative estimate of drug-likeness (QED) is 0.785. The molecule has 88 valence electrons. The summed E-state index contributed by atoms with van der Waals surface area (Å²) in [5, 5.41) is 3.58. The first kappa shape index (κ1) is 11.5. The molecule has 0 fully saturated rings. The summed E-state index contributed by atoms with van der Waals surface area (Å²) in [7, 11) is 0. The zero-order valence-electron chi connectivity index (χ0n) is 10.6. The van der Waals surface area contributed by atoms with E-state index >= 15 is 0 Å². The van der Waals surface area contributed by atoms with Gasteiger partial charge < -0.3 is 5.32 Å². The standard InChI is InChI=1S/C15H23N/c1-3-12(4-2)11-16-15-9-8-13-6-5-7-14(13)10-15/h8-10,12,16H,3-7,11H2,1-2H3. The number of anilines is 1. The van der Waals surface area contributed by atoms with E-state index in [-0.39, 0.29) is 0 Å². The third-order valence-electron chi connectivity index (χ3n) is 3.85. The largest absolute Gasteiger partial charge is 0.385 e. The van der Waals surface area contributed by atoms with Gasteiger partial charge in [0.2, 0.25) is 0 Å². The zero-order chi connectivity index (χ0) is 11.4. The molecule has 0 heterocycles. The minimum absolute atomic E-state index is 0.813. The van der Waals surface area contributed by atoms with E-state index in [2.05, 4.69) is 37.4 Å². The average Bonchev–Trinajstić information content (AvgIpc) is 2.77. The van der Waals surface area contributed by atoms with Crippen molar-refractivity contribution in [2.24, 2.45) is 5.92 Å². The van der Waals surface area contributed by atoms with Crippen molar-refractivity contribution >= 4 is 5.69 Å². The molecule has 0 unspecified atom stereocenters. The molecule has 1 aliphatic rings. The maximum absolute atomic E-state index is 3.58. The summed E-state index contributed by atoms with van der Waals surface area (Å²) < 4.78 is 0. The molecule has 1 nitrogen and oxygen atoms in total. The summed E-state index contributed by atoms with van der Waals surface area (Å²) in [5.41, 5.74) is 4.44. The lowest BCUT2D eigenvalue weighted by Crippen LogP contribution is -2.12. The first-order valence-corrected chi connectivity index (χ1v) is 6.69. The average molecular weight is 217 g/mol. The maximum atomic E-state index is 3.58. The molecule has 1 N–H and O–H groups in total. The van der Waals surface area contributed by atoms with Gasteiger partial charge >= 0.3 is 0 Å². The molecule has 0 radical (unpaired) electrons. The van der Waals surface area contributed by atoms with Crippen LogP contribution in [0.15, 0.2) is 18.2 Å². The molecule has 1 heteroatoms. The van der Waals surface area contributed by atoms with Gasteiger partial charge in [0.15, 0.2) is 0 Å². The van der Waals surface area contributed by atoms with Crippen LogP contribution in [0.3, 0.4) is 0 Å². The van der Waals surface area contributed by atoms with Crippen LogP contribution in [0.2, 0.25) is 0 Å². The van der Waals surface area contributed by atoms with Crippen LogP contribution in [0.4, 0.5) is 5.69 Å². The molecule has 1 aromatic rings. The predicted molar refractivity (Wildman–Crippen MR) is 71.0 cm³/mol. The normalized spacial score (nSPS) is 14.2. The summed E-state index contributed by atoms with van der Waals surface area (Å²) in [5.74, 6) is 0.813. The Labute approximate surface area is 99.3 Å². The molecule has 16 heavy (non-hydrogen) atoms. The van der Waals surface area contributed by atoms with Crippen molar-refractivity contribution in [1.29, 1.82) is 0 Å². The second kappa shape index (κ2) is 5.38. The van der Waals surface area contributed by atoms with E-state index in [0.29, 0.717) is 0 Å². The van der Waals surface area contributed by atoms with Gasteiger partial charge in [0.05, 0.1) is 0 Å². The Hall–Kier alpha value is -0.980. The van der Waals surface area contributed by atoms with E-state index < -0.39 is 0 Å². The number of benzene rings is 1. The lowest BCUT2D eigenvalue weighted by Gasteiger charge is -2.15. The van der Waals surface area contributed by atoms with Gasteiger partial charge in [-0.25, -0.2) is 0 Å². The van der Waals surface area contributed by atoms with Crippen LogP contribution >= 0.6 is 0 Å². The van der Waals surface area contributed by atoms with Crippen LogP contribution in [-0.2, 0) is 12.8 Å². The molecule has 2 rings (SSSR count). The van der Waals surface area contributed by atoms with Crippen LogP contribution in [0, 0.1) is 5.92 Å². The van der Waals surface area contributed by atoms with Crippen molar-refractivity contribution in [2.45, 2.75) is 46.0 Å². The molecular formula is C15H23N. The molecule has 0 amide bonds. The highest BCUT2D eigenvalue weighted by atomic mass is 14.9. The van der Waals surface area contributed by atoms with E-state index in [1.165, 1.54) is 37.8 Å². The van der Waals surface area contributed by atoms with Crippen molar-refractivity contribution in [3.63, 3.8) is 0 Å². The van der Waals surface area contributed by atoms with Crippen molar-refractivity contribution in [3.8, 4) is 0 Å². The summed E-state index contributed by atoms with van der Waals surface area (Å²) in [6.45, 7) is 5.67.